The largest absolute Gasteiger partial charge is 0.345 e. The number of nitrogens with one attached hydrogen (secondary N) is 2. The smallest absolute Gasteiger partial charge is 0.103 e. The van der Waals surface area contributed by atoms with Crippen LogP contribution in [0.2, 0.25) is 0 Å². The van der Waals surface area contributed by atoms with Crippen LogP contribution in [0.3, 0.4) is 0 Å². The molecule has 1 aromatic heterocycles. The van der Waals surface area contributed by atoms with Crippen LogP contribution in [-0.4, -0.2) is 16.5 Å². The number of H-pyrrole nitrogens is 1. The van der Waals surface area contributed by atoms with Gasteiger partial charge in [0.25, 0.3) is 0 Å². The van der Waals surface area contributed by atoms with Crippen molar-refractivity contribution in [2.75, 3.05) is 6.54 Å². The minimum absolute atomic E-state index is 0.955. The Kier molecular flexibility index (Phi) is 1.24. The summed E-state index contributed by atoms with van der Waals surface area (Å²) in [7, 11) is 0. The molecule has 0 saturated carbocycles. The quantitative estimate of drug-likeness (QED) is 0.542. The highest BCUT2D eigenvalue weighted by molar-refractivity contribution is 5.16. The lowest BCUT2D eigenvalue weighted by Crippen LogP contribution is -2.23. The molecule has 1 aliphatic heterocycles. The number of fused-ring (bicyclic) bond motifs is 1. The number of aromatic nitrogens is 2. The molecule has 2 rings (SSSR count). The number of aryl methyl sites for hydroxylation is 1. The Morgan fingerprint density at radius 3 is 3.20 bits per heavy atom. The standard InChI is InChI=1S/C7H11N3/c1-5-9-6-2-3-8-4-7(6)10-5/h8H,2-4H2,1H3,(H,9,10). The second-order valence-corrected chi connectivity index (χ2v) is 2.67. The van der Waals surface area contributed by atoms with Crippen molar-refractivity contribution in [3.8, 4) is 0 Å². The number of hydrogen-bond donors (Lipinski definition) is 2. The predicted molar refractivity (Wildman–Crippen MR) is 38.7 cm³/mol. The van der Waals surface area contributed by atoms with E-state index in [-0.39, 0.29) is 0 Å². The lowest BCUT2D eigenvalue weighted by Gasteiger charge is -2.09. The lowest BCUT2D eigenvalue weighted by molar-refractivity contribution is 0.627. The molecule has 0 fully saturated rings. The molecule has 0 aromatic carbocycles. The van der Waals surface area contributed by atoms with Gasteiger partial charge in [-0.05, 0) is 6.92 Å². The summed E-state index contributed by atoms with van der Waals surface area (Å²) in [4.78, 5) is 7.58. The van der Waals surface area contributed by atoms with Crippen molar-refractivity contribution in [2.45, 2.75) is 19.9 Å². The van der Waals surface area contributed by atoms with Crippen molar-refractivity contribution in [2.24, 2.45) is 0 Å². The Hall–Kier alpha value is -0.830. The molecule has 0 saturated heterocycles. The Labute approximate surface area is 59.9 Å². The van der Waals surface area contributed by atoms with E-state index in [1.54, 1.807) is 0 Å². The van der Waals surface area contributed by atoms with Gasteiger partial charge in [0.15, 0.2) is 0 Å². The molecule has 0 radical (unpaired) electrons. The Morgan fingerprint density at radius 1 is 1.50 bits per heavy atom. The molecule has 0 atom stereocenters. The van der Waals surface area contributed by atoms with Gasteiger partial charge in [-0.25, -0.2) is 4.98 Å². The highest BCUT2D eigenvalue weighted by Crippen LogP contribution is 2.09. The molecule has 1 aliphatic rings. The summed E-state index contributed by atoms with van der Waals surface area (Å²) in [5.41, 5.74) is 2.51. The summed E-state index contributed by atoms with van der Waals surface area (Å²) < 4.78 is 0. The van der Waals surface area contributed by atoms with E-state index in [4.69, 9.17) is 0 Å². The number of nitrogens with zero attached hydrogens (tertiary/aromatic N) is 1. The summed E-state index contributed by atoms with van der Waals surface area (Å²) in [6.45, 7) is 4.02. The number of imidazole rings is 1. The van der Waals surface area contributed by atoms with Crippen LogP contribution in [0.1, 0.15) is 17.2 Å². The third-order valence-electron chi connectivity index (χ3n) is 1.82. The van der Waals surface area contributed by atoms with Gasteiger partial charge in [0.05, 0.1) is 11.4 Å². The summed E-state index contributed by atoms with van der Waals surface area (Å²) >= 11 is 0. The Bertz CT molecular complexity index is 215. The molecule has 0 spiro atoms. The van der Waals surface area contributed by atoms with Crippen LogP contribution >= 0.6 is 0 Å². The van der Waals surface area contributed by atoms with Gasteiger partial charge in [0.1, 0.15) is 5.82 Å². The first kappa shape index (κ1) is 5.92. The molecule has 1 aromatic rings. The van der Waals surface area contributed by atoms with Crippen LogP contribution in [0.25, 0.3) is 0 Å². The van der Waals surface area contributed by atoms with Crippen molar-refractivity contribution in [1.82, 2.24) is 15.3 Å². The highest BCUT2D eigenvalue weighted by Gasteiger charge is 2.11. The van der Waals surface area contributed by atoms with Crippen molar-refractivity contribution >= 4 is 0 Å². The van der Waals surface area contributed by atoms with Crippen molar-refractivity contribution in [3.63, 3.8) is 0 Å². The summed E-state index contributed by atoms with van der Waals surface area (Å²) in [5, 5.41) is 3.28. The summed E-state index contributed by atoms with van der Waals surface area (Å²) in [6.07, 6.45) is 1.07. The summed E-state index contributed by atoms with van der Waals surface area (Å²) in [6, 6.07) is 0. The van der Waals surface area contributed by atoms with E-state index in [1.807, 2.05) is 6.92 Å². The van der Waals surface area contributed by atoms with Gasteiger partial charge in [-0.1, -0.05) is 0 Å². The number of rotatable bonds is 0. The first-order valence-corrected chi connectivity index (χ1v) is 3.61. The van der Waals surface area contributed by atoms with Crippen LogP contribution in [0.5, 0.6) is 0 Å². The second-order valence-electron chi connectivity index (χ2n) is 2.67. The van der Waals surface area contributed by atoms with Gasteiger partial charge in [-0.3, -0.25) is 0 Å². The van der Waals surface area contributed by atoms with Gasteiger partial charge >= 0.3 is 0 Å². The van der Waals surface area contributed by atoms with Gasteiger partial charge in [0.2, 0.25) is 0 Å². The fourth-order valence-electron chi connectivity index (χ4n) is 1.36. The van der Waals surface area contributed by atoms with E-state index >= 15 is 0 Å². The predicted octanol–water partition coefficient (Wildman–Crippen LogP) is 0.364. The van der Waals surface area contributed by atoms with E-state index in [9.17, 15) is 0 Å². The number of hydrogen-bond acceptors (Lipinski definition) is 2. The van der Waals surface area contributed by atoms with Crippen LogP contribution in [0, 0.1) is 6.92 Å². The van der Waals surface area contributed by atoms with Gasteiger partial charge < -0.3 is 10.3 Å². The van der Waals surface area contributed by atoms with Crippen LogP contribution < -0.4 is 5.32 Å². The molecule has 0 bridgehead atoms. The zero-order chi connectivity index (χ0) is 6.97. The molecule has 10 heavy (non-hydrogen) atoms. The molecule has 0 unspecified atom stereocenters. The summed E-state index contributed by atoms with van der Waals surface area (Å²) in [5.74, 6) is 1.04. The van der Waals surface area contributed by atoms with E-state index in [2.05, 4.69) is 15.3 Å². The molecule has 54 valence electrons. The maximum absolute atomic E-state index is 4.36. The Morgan fingerprint density at radius 2 is 2.40 bits per heavy atom. The molecule has 3 heteroatoms. The average molecular weight is 137 g/mol. The number of aromatic amines is 1. The zero-order valence-electron chi connectivity index (χ0n) is 6.07. The third-order valence-corrected chi connectivity index (χ3v) is 1.82. The highest BCUT2D eigenvalue weighted by atomic mass is 15.0. The normalized spacial score (nSPS) is 16.9. The van der Waals surface area contributed by atoms with E-state index in [1.165, 1.54) is 11.4 Å². The molecular formula is C7H11N3. The SMILES string of the molecule is Cc1nc2c([nH]1)CNCC2. The fourth-order valence-corrected chi connectivity index (χ4v) is 1.36. The van der Waals surface area contributed by atoms with Crippen molar-refractivity contribution in [3.05, 3.63) is 17.2 Å². The van der Waals surface area contributed by atoms with Gasteiger partial charge in [0, 0.05) is 19.5 Å². The minimum atomic E-state index is 0.955. The molecule has 2 heterocycles. The van der Waals surface area contributed by atoms with Crippen molar-refractivity contribution < 1.29 is 0 Å². The Balaban J connectivity index is 2.41. The second kappa shape index (κ2) is 2.09. The maximum Gasteiger partial charge on any atom is 0.103 e. The fraction of sp³-hybridized carbons (Fsp3) is 0.571. The monoisotopic (exact) mass is 137 g/mol. The third kappa shape index (κ3) is 0.827. The van der Waals surface area contributed by atoms with Crippen LogP contribution in [0.15, 0.2) is 0 Å². The minimum Gasteiger partial charge on any atom is -0.345 e. The van der Waals surface area contributed by atoms with Crippen LogP contribution in [-0.2, 0) is 13.0 Å². The van der Waals surface area contributed by atoms with E-state index in [0.29, 0.717) is 0 Å². The molecule has 0 aliphatic carbocycles. The van der Waals surface area contributed by atoms with Gasteiger partial charge in [-0.2, -0.15) is 0 Å². The molecular weight excluding hydrogens is 126 g/mol. The molecule has 2 N–H and O–H groups in total. The first-order chi connectivity index (χ1) is 4.86. The topological polar surface area (TPSA) is 40.7 Å². The molecule has 0 amide bonds. The average Bonchev–Trinajstić information content (AvgIpc) is 2.27. The molecule has 3 nitrogen and oxygen atoms in total. The van der Waals surface area contributed by atoms with Crippen molar-refractivity contribution in [1.29, 1.82) is 0 Å². The first-order valence-electron chi connectivity index (χ1n) is 3.61. The van der Waals surface area contributed by atoms with Gasteiger partial charge in [-0.15, -0.1) is 0 Å². The van der Waals surface area contributed by atoms with Crippen LogP contribution in [0.4, 0.5) is 0 Å². The zero-order valence-corrected chi connectivity index (χ0v) is 6.07. The maximum atomic E-state index is 4.36. The van der Waals surface area contributed by atoms with E-state index in [0.717, 1.165) is 25.3 Å². The lowest BCUT2D eigenvalue weighted by atomic mass is 10.2. The van der Waals surface area contributed by atoms with E-state index < -0.39 is 0 Å².